The van der Waals surface area contributed by atoms with E-state index in [2.05, 4.69) is 30.5 Å². The number of benzene rings is 1. The molecule has 6 heteroatoms. The van der Waals surface area contributed by atoms with Gasteiger partial charge < -0.3 is 15.5 Å². The molecule has 0 spiro atoms. The molecule has 4 rings (SSSR count). The lowest BCUT2D eigenvalue weighted by atomic mass is 9.77. The number of para-hydroxylation sites is 1. The Hall–Kier alpha value is -1.59. The maximum Gasteiger partial charge on any atom is 0.231 e. The highest BCUT2D eigenvalue weighted by atomic mass is 35.5. The van der Waals surface area contributed by atoms with Gasteiger partial charge in [-0.15, -0.1) is 12.4 Å². The first-order chi connectivity index (χ1) is 13.6. The summed E-state index contributed by atoms with van der Waals surface area (Å²) in [6.07, 6.45) is 6.71. The van der Waals surface area contributed by atoms with Gasteiger partial charge in [0, 0.05) is 29.7 Å². The second kappa shape index (κ2) is 9.48. The number of carbonyl (C=O) groups excluding carboxylic acids is 2. The summed E-state index contributed by atoms with van der Waals surface area (Å²) >= 11 is 0. The van der Waals surface area contributed by atoms with E-state index in [0.717, 1.165) is 57.2 Å². The Balaban J connectivity index is 0.00000240. The van der Waals surface area contributed by atoms with E-state index >= 15 is 0 Å². The minimum atomic E-state index is -0.200. The van der Waals surface area contributed by atoms with Crippen LogP contribution in [0.4, 0.5) is 5.69 Å². The smallest absolute Gasteiger partial charge is 0.231 e. The molecule has 160 valence electrons. The van der Waals surface area contributed by atoms with Crippen LogP contribution in [0.5, 0.6) is 0 Å². The number of hydrogen-bond donors (Lipinski definition) is 2. The van der Waals surface area contributed by atoms with Gasteiger partial charge in [0.2, 0.25) is 11.8 Å². The molecule has 1 saturated heterocycles. The number of halogens is 1. The zero-order valence-corrected chi connectivity index (χ0v) is 18.3. The maximum atomic E-state index is 13.6. The highest BCUT2D eigenvalue weighted by Gasteiger charge is 2.42. The van der Waals surface area contributed by atoms with Crippen molar-refractivity contribution in [3.05, 3.63) is 29.8 Å². The molecular weight excluding hydrogens is 386 g/mol. The average molecular weight is 420 g/mol. The zero-order chi connectivity index (χ0) is 19.7. The normalized spacial score (nSPS) is 31.5. The summed E-state index contributed by atoms with van der Waals surface area (Å²) in [5.41, 5.74) is 2.28. The van der Waals surface area contributed by atoms with E-state index in [-0.39, 0.29) is 48.1 Å². The summed E-state index contributed by atoms with van der Waals surface area (Å²) in [5, 5.41) is 6.72. The van der Waals surface area contributed by atoms with E-state index in [1.807, 2.05) is 23.1 Å². The Morgan fingerprint density at radius 1 is 1.03 bits per heavy atom. The second-order valence-electron chi connectivity index (χ2n) is 8.89. The van der Waals surface area contributed by atoms with Crippen LogP contribution in [0.3, 0.4) is 0 Å². The first-order valence-electron chi connectivity index (χ1n) is 11.0. The van der Waals surface area contributed by atoms with E-state index in [9.17, 15) is 9.59 Å². The summed E-state index contributed by atoms with van der Waals surface area (Å²) in [5.74, 6) is -0.171. The highest BCUT2D eigenvalue weighted by Crippen LogP contribution is 2.38. The summed E-state index contributed by atoms with van der Waals surface area (Å²) in [6, 6.07) is 8.82. The molecule has 2 fully saturated rings. The Bertz CT molecular complexity index is 741. The number of amides is 2. The summed E-state index contributed by atoms with van der Waals surface area (Å²) in [4.78, 5) is 28.7. The molecule has 5 atom stereocenters. The summed E-state index contributed by atoms with van der Waals surface area (Å²) < 4.78 is 0. The highest BCUT2D eigenvalue weighted by molar-refractivity contribution is 6.00. The van der Waals surface area contributed by atoms with Gasteiger partial charge in [-0.2, -0.15) is 0 Å². The maximum absolute atomic E-state index is 13.6. The fraction of sp³-hybridized carbons (Fsp3) is 0.652. The van der Waals surface area contributed by atoms with Crippen molar-refractivity contribution in [2.75, 3.05) is 11.4 Å². The lowest BCUT2D eigenvalue weighted by Crippen LogP contribution is -2.55. The fourth-order valence-electron chi connectivity index (χ4n) is 5.35. The topological polar surface area (TPSA) is 61.4 Å². The van der Waals surface area contributed by atoms with E-state index in [0.29, 0.717) is 6.04 Å². The summed E-state index contributed by atoms with van der Waals surface area (Å²) in [6.45, 7) is 5.27. The molecule has 1 aliphatic carbocycles. The van der Waals surface area contributed by atoms with Gasteiger partial charge >= 0.3 is 0 Å². The van der Waals surface area contributed by atoms with Crippen molar-refractivity contribution in [2.45, 2.75) is 76.9 Å². The van der Waals surface area contributed by atoms with Gasteiger partial charge in [-0.1, -0.05) is 31.0 Å². The predicted molar refractivity (Wildman–Crippen MR) is 118 cm³/mol. The molecule has 1 aromatic carbocycles. The minimum Gasteiger partial charge on any atom is -0.352 e. The van der Waals surface area contributed by atoms with Crippen LogP contribution >= 0.6 is 12.4 Å². The van der Waals surface area contributed by atoms with Crippen molar-refractivity contribution in [3.8, 4) is 0 Å². The van der Waals surface area contributed by atoms with Gasteiger partial charge in [-0.3, -0.25) is 9.59 Å². The van der Waals surface area contributed by atoms with E-state index in [1.165, 1.54) is 5.56 Å². The second-order valence-corrected chi connectivity index (χ2v) is 8.89. The molecule has 2 N–H and O–H groups in total. The van der Waals surface area contributed by atoms with Crippen LogP contribution in [-0.2, 0) is 16.0 Å². The summed E-state index contributed by atoms with van der Waals surface area (Å²) in [7, 11) is 0. The molecule has 1 aromatic rings. The van der Waals surface area contributed by atoms with Crippen molar-refractivity contribution in [1.82, 2.24) is 10.6 Å². The number of rotatable bonds is 3. The number of hydrogen-bond acceptors (Lipinski definition) is 3. The quantitative estimate of drug-likeness (QED) is 0.788. The van der Waals surface area contributed by atoms with Gasteiger partial charge in [0.05, 0.1) is 5.92 Å². The van der Waals surface area contributed by atoms with Gasteiger partial charge in [0.1, 0.15) is 0 Å². The molecule has 5 nitrogen and oxygen atoms in total. The van der Waals surface area contributed by atoms with E-state index < -0.39 is 0 Å². The molecule has 0 bridgehead atoms. The molecule has 5 unspecified atom stereocenters. The van der Waals surface area contributed by atoms with Crippen molar-refractivity contribution >= 4 is 29.9 Å². The number of nitrogens with zero attached hydrogens (tertiary/aromatic N) is 1. The standard InChI is InChI=1S/C23H33N3O2.ClH/c1-15-14-17-8-3-6-12-21(17)26(15)23(28)19-10-5-4-9-18(19)22(27)25-20-11-7-13-24-16(20)2;/h3,6,8,12,15-16,18-20,24H,4-5,7,9-11,13-14H2,1-2H3,(H,25,27);1H. The van der Waals surface area contributed by atoms with Crippen LogP contribution < -0.4 is 15.5 Å². The SMILES string of the molecule is CC1NCCCC1NC(=O)C1CCCCC1C(=O)N1c2ccccc2CC1C.Cl. The van der Waals surface area contributed by atoms with Crippen molar-refractivity contribution in [1.29, 1.82) is 0 Å². The Morgan fingerprint density at radius 2 is 1.76 bits per heavy atom. The van der Waals surface area contributed by atoms with E-state index in [4.69, 9.17) is 0 Å². The molecule has 1 saturated carbocycles. The largest absolute Gasteiger partial charge is 0.352 e. The number of carbonyl (C=O) groups is 2. The van der Waals surface area contributed by atoms with Gasteiger partial charge in [0.15, 0.2) is 0 Å². The molecule has 0 radical (unpaired) electrons. The van der Waals surface area contributed by atoms with Crippen LogP contribution in [0.2, 0.25) is 0 Å². The Morgan fingerprint density at radius 3 is 2.52 bits per heavy atom. The number of anilines is 1. The fourth-order valence-corrected chi connectivity index (χ4v) is 5.35. The predicted octanol–water partition coefficient (Wildman–Crippen LogP) is 3.45. The van der Waals surface area contributed by atoms with E-state index in [1.54, 1.807) is 0 Å². The third-order valence-electron chi connectivity index (χ3n) is 6.95. The van der Waals surface area contributed by atoms with Crippen LogP contribution in [0.15, 0.2) is 24.3 Å². The van der Waals surface area contributed by atoms with Crippen LogP contribution in [0.1, 0.15) is 57.9 Å². The Kier molecular flexibility index (Phi) is 7.23. The van der Waals surface area contributed by atoms with Crippen LogP contribution in [0.25, 0.3) is 0 Å². The van der Waals surface area contributed by atoms with Crippen LogP contribution in [-0.4, -0.2) is 36.5 Å². The number of fused-ring (bicyclic) bond motifs is 1. The first kappa shape index (κ1) is 22.1. The lowest BCUT2D eigenvalue weighted by molar-refractivity contribution is -0.136. The van der Waals surface area contributed by atoms with Crippen LogP contribution in [0, 0.1) is 11.8 Å². The first-order valence-corrected chi connectivity index (χ1v) is 11.0. The zero-order valence-electron chi connectivity index (χ0n) is 17.5. The minimum absolute atomic E-state index is 0. The molecule has 2 heterocycles. The van der Waals surface area contributed by atoms with Gasteiger partial charge in [-0.05, 0) is 64.1 Å². The van der Waals surface area contributed by atoms with Crippen molar-refractivity contribution in [2.24, 2.45) is 11.8 Å². The molecule has 29 heavy (non-hydrogen) atoms. The monoisotopic (exact) mass is 419 g/mol. The molecule has 2 amide bonds. The Labute approximate surface area is 180 Å². The van der Waals surface area contributed by atoms with Crippen molar-refractivity contribution < 1.29 is 9.59 Å². The van der Waals surface area contributed by atoms with Gasteiger partial charge in [-0.25, -0.2) is 0 Å². The third-order valence-corrected chi connectivity index (χ3v) is 6.95. The number of piperidine rings is 1. The lowest BCUT2D eigenvalue weighted by Gasteiger charge is -2.37. The molecular formula is C23H34ClN3O2. The van der Waals surface area contributed by atoms with Crippen molar-refractivity contribution in [3.63, 3.8) is 0 Å². The number of nitrogens with one attached hydrogen (secondary N) is 2. The molecule has 0 aromatic heterocycles. The molecule has 2 aliphatic heterocycles. The van der Waals surface area contributed by atoms with Gasteiger partial charge in [0.25, 0.3) is 0 Å². The molecule has 3 aliphatic rings. The average Bonchev–Trinajstić information content (AvgIpc) is 3.05. The third kappa shape index (κ3) is 4.46.